The van der Waals surface area contributed by atoms with E-state index in [0.29, 0.717) is 0 Å². The van der Waals surface area contributed by atoms with Crippen molar-refractivity contribution in [1.29, 1.82) is 0 Å². The van der Waals surface area contributed by atoms with Gasteiger partial charge in [-0.05, 0) is 31.5 Å². The maximum absolute atomic E-state index is 10.7. The summed E-state index contributed by atoms with van der Waals surface area (Å²) in [5.74, 6) is 0.0248. The van der Waals surface area contributed by atoms with E-state index in [1.165, 1.54) is 5.69 Å². The highest BCUT2D eigenvalue weighted by Gasteiger charge is 2.30. The van der Waals surface area contributed by atoms with Gasteiger partial charge in [0.05, 0.1) is 18.8 Å². The Morgan fingerprint density at radius 1 is 1.30 bits per heavy atom. The zero-order valence-corrected chi connectivity index (χ0v) is 12.7. The van der Waals surface area contributed by atoms with Crippen LogP contribution >= 0.6 is 0 Å². The van der Waals surface area contributed by atoms with Crippen LogP contribution in [-0.4, -0.2) is 31.4 Å². The SMILES string of the molecule is C=C(C)[C@H](C)[C@@](C)(O)c1ccc(N2CCOCC2)cc1. The quantitative estimate of drug-likeness (QED) is 0.858. The Hall–Kier alpha value is -1.32. The third-order valence-electron chi connectivity index (χ3n) is 4.41. The van der Waals surface area contributed by atoms with Gasteiger partial charge in [0.2, 0.25) is 0 Å². The Morgan fingerprint density at radius 2 is 1.85 bits per heavy atom. The van der Waals surface area contributed by atoms with Gasteiger partial charge in [-0.15, -0.1) is 0 Å². The number of rotatable bonds is 4. The van der Waals surface area contributed by atoms with E-state index < -0.39 is 5.60 Å². The largest absolute Gasteiger partial charge is 0.385 e. The van der Waals surface area contributed by atoms with Crippen molar-refractivity contribution in [3.8, 4) is 0 Å². The number of morpholine rings is 1. The molecule has 3 heteroatoms. The van der Waals surface area contributed by atoms with Crippen LogP contribution in [0.2, 0.25) is 0 Å². The molecule has 110 valence electrons. The molecule has 0 radical (unpaired) electrons. The molecular formula is C17H25NO2. The first-order chi connectivity index (χ1) is 9.43. The van der Waals surface area contributed by atoms with Crippen LogP contribution in [0.15, 0.2) is 36.4 Å². The average Bonchev–Trinajstić information content (AvgIpc) is 2.47. The second kappa shape index (κ2) is 5.98. The van der Waals surface area contributed by atoms with Gasteiger partial charge in [0.15, 0.2) is 0 Å². The highest BCUT2D eigenvalue weighted by molar-refractivity contribution is 5.49. The van der Waals surface area contributed by atoms with Gasteiger partial charge in [-0.1, -0.05) is 31.2 Å². The van der Waals surface area contributed by atoms with Gasteiger partial charge in [0.1, 0.15) is 0 Å². The predicted octanol–water partition coefficient (Wildman–Crippen LogP) is 2.94. The lowest BCUT2D eigenvalue weighted by molar-refractivity contribution is 0.0162. The second-order valence-corrected chi connectivity index (χ2v) is 5.86. The van der Waals surface area contributed by atoms with Gasteiger partial charge < -0.3 is 14.7 Å². The number of anilines is 1. The number of benzene rings is 1. The molecule has 1 aliphatic rings. The maximum Gasteiger partial charge on any atom is 0.0930 e. The third kappa shape index (κ3) is 3.05. The molecule has 1 fully saturated rings. The molecule has 0 aliphatic carbocycles. The Labute approximate surface area is 121 Å². The molecule has 1 N–H and O–H groups in total. The molecule has 1 aliphatic heterocycles. The summed E-state index contributed by atoms with van der Waals surface area (Å²) < 4.78 is 5.37. The molecule has 0 spiro atoms. The van der Waals surface area contributed by atoms with Crippen molar-refractivity contribution in [2.45, 2.75) is 26.4 Å². The van der Waals surface area contributed by atoms with E-state index in [0.717, 1.165) is 37.4 Å². The number of aliphatic hydroxyl groups is 1. The van der Waals surface area contributed by atoms with Gasteiger partial charge in [0, 0.05) is 24.7 Å². The summed E-state index contributed by atoms with van der Waals surface area (Å²) >= 11 is 0. The van der Waals surface area contributed by atoms with E-state index in [9.17, 15) is 5.11 Å². The van der Waals surface area contributed by atoms with Crippen LogP contribution in [0.3, 0.4) is 0 Å². The van der Waals surface area contributed by atoms with Crippen LogP contribution in [0.1, 0.15) is 26.3 Å². The molecule has 1 aromatic carbocycles. The number of hydrogen-bond acceptors (Lipinski definition) is 3. The van der Waals surface area contributed by atoms with E-state index in [1.54, 1.807) is 0 Å². The van der Waals surface area contributed by atoms with E-state index >= 15 is 0 Å². The van der Waals surface area contributed by atoms with Crippen molar-refractivity contribution in [1.82, 2.24) is 0 Å². The van der Waals surface area contributed by atoms with Crippen molar-refractivity contribution < 1.29 is 9.84 Å². The van der Waals surface area contributed by atoms with Crippen molar-refractivity contribution in [3.05, 3.63) is 42.0 Å². The van der Waals surface area contributed by atoms with Crippen LogP contribution in [0.25, 0.3) is 0 Å². The van der Waals surface area contributed by atoms with Gasteiger partial charge in [0.25, 0.3) is 0 Å². The van der Waals surface area contributed by atoms with Gasteiger partial charge in [-0.2, -0.15) is 0 Å². The lowest BCUT2D eigenvalue weighted by Gasteiger charge is -2.33. The van der Waals surface area contributed by atoms with Gasteiger partial charge in [-0.25, -0.2) is 0 Å². The normalized spacial score (nSPS) is 20.3. The first-order valence-corrected chi connectivity index (χ1v) is 7.24. The van der Waals surface area contributed by atoms with E-state index in [-0.39, 0.29) is 5.92 Å². The van der Waals surface area contributed by atoms with E-state index in [4.69, 9.17) is 4.74 Å². The second-order valence-electron chi connectivity index (χ2n) is 5.86. The van der Waals surface area contributed by atoms with E-state index in [2.05, 4.69) is 23.6 Å². The average molecular weight is 275 g/mol. The molecule has 0 unspecified atom stereocenters. The number of nitrogens with zero attached hydrogens (tertiary/aromatic N) is 1. The Morgan fingerprint density at radius 3 is 2.35 bits per heavy atom. The Balaban J connectivity index is 2.16. The molecule has 1 heterocycles. The zero-order chi connectivity index (χ0) is 14.8. The molecule has 1 aromatic rings. The summed E-state index contributed by atoms with van der Waals surface area (Å²) in [7, 11) is 0. The lowest BCUT2D eigenvalue weighted by Crippen LogP contribution is -2.36. The minimum Gasteiger partial charge on any atom is -0.385 e. The third-order valence-corrected chi connectivity index (χ3v) is 4.41. The molecule has 2 atom stereocenters. The minimum atomic E-state index is -0.880. The fourth-order valence-corrected chi connectivity index (χ4v) is 2.56. The molecule has 20 heavy (non-hydrogen) atoms. The smallest absolute Gasteiger partial charge is 0.0930 e. The lowest BCUT2D eigenvalue weighted by atomic mass is 9.80. The molecule has 2 rings (SSSR count). The van der Waals surface area contributed by atoms with Gasteiger partial charge >= 0.3 is 0 Å². The zero-order valence-electron chi connectivity index (χ0n) is 12.7. The highest BCUT2D eigenvalue weighted by atomic mass is 16.5. The highest BCUT2D eigenvalue weighted by Crippen LogP contribution is 2.34. The Kier molecular flexibility index (Phi) is 4.51. The molecule has 0 bridgehead atoms. The summed E-state index contributed by atoms with van der Waals surface area (Å²) in [4.78, 5) is 2.31. The standard InChI is InChI=1S/C17H25NO2/c1-13(2)14(3)17(4,19)15-5-7-16(8-6-15)18-9-11-20-12-10-18/h5-8,14,19H,1,9-12H2,2-4H3/t14-,17+/m0/s1. The fourth-order valence-electron chi connectivity index (χ4n) is 2.56. The van der Waals surface area contributed by atoms with Crippen LogP contribution in [-0.2, 0) is 10.3 Å². The summed E-state index contributed by atoms with van der Waals surface area (Å²) in [6.45, 7) is 13.2. The van der Waals surface area contributed by atoms with E-state index in [1.807, 2.05) is 32.9 Å². The molecule has 0 amide bonds. The van der Waals surface area contributed by atoms with Crippen molar-refractivity contribution >= 4 is 5.69 Å². The van der Waals surface area contributed by atoms with Crippen molar-refractivity contribution in [2.75, 3.05) is 31.2 Å². The monoisotopic (exact) mass is 275 g/mol. The predicted molar refractivity (Wildman–Crippen MR) is 83.0 cm³/mol. The van der Waals surface area contributed by atoms with Crippen LogP contribution in [0.5, 0.6) is 0 Å². The first-order valence-electron chi connectivity index (χ1n) is 7.24. The minimum absolute atomic E-state index is 0.0248. The summed E-state index contributed by atoms with van der Waals surface area (Å²) in [5.41, 5.74) is 2.24. The molecule has 3 nitrogen and oxygen atoms in total. The van der Waals surface area contributed by atoms with Crippen LogP contribution in [0, 0.1) is 5.92 Å². The number of hydrogen-bond donors (Lipinski definition) is 1. The molecule has 0 aromatic heterocycles. The maximum atomic E-state index is 10.7. The molecule has 1 saturated heterocycles. The van der Waals surface area contributed by atoms with Crippen LogP contribution in [0.4, 0.5) is 5.69 Å². The summed E-state index contributed by atoms with van der Waals surface area (Å²) in [6.07, 6.45) is 0. The van der Waals surface area contributed by atoms with Crippen molar-refractivity contribution in [3.63, 3.8) is 0 Å². The van der Waals surface area contributed by atoms with Crippen LogP contribution < -0.4 is 4.90 Å². The molecular weight excluding hydrogens is 250 g/mol. The Bertz CT molecular complexity index is 458. The summed E-state index contributed by atoms with van der Waals surface area (Å²) in [6, 6.07) is 8.20. The first kappa shape index (κ1) is 15.1. The summed E-state index contributed by atoms with van der Waals surface area (Å²) in [5, 5.41) is 10.7. The topological polar surface area (TPSA) is 32.7 Å². The number of ether oxygens (including phenoxy) is 1. The fraction of sp³-hybridized carbons (Fsp3) is 0.529. The van der Waals surface area contributed by atoms with Crippen molar-refractivity contribution in [2.24, 2.45) is 5.92 Å². The van der Waals surface area contributed by atoms with Gasteiger partial charge in [-0.3, -0.25) is 0 Å². The molecule has 0 saturated carbocycles.